The number of hydrogen-bond donors (Lipinski definition) is 1. The molecular formula is C19H12Cl3NO. The Morgan fingerprint density at radius 1 is 0.708 bits per heavy atom. The molecule has 0 saturated heterocycles. The summed E-state index contributed by atoms with van der Waals surface area (Å²) in [6.45, 7) is 0. The lowest BCUT2D eigenvalue weighted by Crippen LogP contribution is -2.12. The van der Waals surface area contributed by atoms with Gasteiger partial charge in [-0.05, 0) is 35.4 Å². The minimum atomic E-state index is -0.269. The van der Waals surface area contributed by atoms with Crippen molar-refractivity contribution in [1.82, 2.24) is 0 Å². The maximum Gasteiger partial charge on any atom is 0.255 e. The number of halogens is 3. The molecule has 3 rings (SSSR count). The van der Waals surface area contributed by atoms with E-state index < -0.39 is 0 Å². The molecule has 0 atom stereocenters. The SMILES string of the molecule is O=C(Nc1cc(Cl)c(Cl)cc1Cl)c1ccc(-c2ccccc2)cc1. The normalized spacial score (nSPS) is 10.5. The lowest BCUT2D eigenvalue weighted by Gasteiger charge is -2.09. The molecule has 0 aliphatic rings. The van der Waals surface area contributed by atoms with Crippen LogP contribution in [0.25, 0.3) is 11.1 Å². The van der Waals surface area contributed by atoms with E-state index in [0.717, 1.165) is 11.1 Å². The van der Waals surface area contributed by atoms with Crippen molar-refractivity contribution in [3.63, 3.8) is 0 Å². The average Bonchev–Trinajstić information content (AvgIpc) is 2.60. The molecule has 0 heterocycles. The molecule has 0 radical (unpaired) electrons. The van der Waals surface area contributed by atoms with Crippen molar-refractivity contribution in [3.05, 3.63) is 87.4 Å². The van der Waals surface area contributed by atoms with Crippen molar-refractivity contribution in [3.8, 4) is 11.1 Å². The second-order valence-electron chi connectivity index (χ2n) is 5.14. The lowest BCUT2D eigenvalue weighted by atomic mass is 10.0. The quantitative estimate of drug-likeness (QED) is 0.515. The third-order valence-corrected chi connectivity index (χ3v) is 4.55. The standard InChI is InChI=1S/C19H12Cl3NO/c20-15-10-17(22)18(11-16(15)21)23-19(24)14-8-6-13(7-9-14)12-4-2-1-3-5-12/h1-11H,(H,23,24). The zero-order chi connectivity index (χ0) is 17.1. The van der Waals surface area contributed by atoms with Gasteiger partial charge in [0.25, 0.3) is 5.91 Å². The summed E-state index contributed by atoms with van der Waals surface area (Å²) in [5.74, 6) is -0.269. The van der Waals surface area contributed by atoms with Crippen LogP contribution in [0.3, 0.4) is 0 Å². The minimum absolute atomic E-state index is 0.269. The topological polar surface area (TPSA) is 29.1 Å². The van der Waals surface area contributed by atoms with Crippen molar-refractivity contribution in [2.24, 2.45) is 0 Å². The van der Waals surface area contributed by atoms with Crippen LogP contribution < -0.4 is 5.32 Å². The summed E-state index contributed by atoms with van der Waals surface area (Å²) in [7, 11) is 0. The Kier molecular flexibility index (Phi) is 5.10. The fraction of sp³-hybridized carbons (Fsp3) is 0. The van der Waals surface area contributed by atoms with Crippen LogP contribution in [0.2, 0.25) is 15.1 Å². The third-order valence-electron chi connectivity index (χ3n) is 3.51. The monoisotopic (exact) mass is 375 g/mol. The van der Waals surface area contributed by atoms with Crippen LogP contribution in [0.4, 0.5) is 5.69 Å². The first kappa shape index (κ1) is 16.8. The number of nitrogens with one attached hydrogen (secondary N) is 1. The van der Waals surface area contributed by atoms with Crippen molar-refractivity contribution >= 4 is 46.4 Å². The van der Waals surface area contributed by atoms with E-state index in [1.54, 1.807) is 12.1 Å². The van der Waals surface area contributed by atoms with Gasteiger partial charge in [0.05, 0.1) is 20.8 Å². The molecule has 0 aromatic heterocycles. The molecule has 1 N–H and O–H groups in total. The molecule has 0 bridgehead atoms. The Morgan fingerprint density at radius 2 is 1.29 bits per heavy atom. The van der Waals surface area contributed by atoms with Crippen LogP contribution in [-0.2, 0) is 0 Å². The summed E-state index contributed by atoms with van der Waals surface area (Å²) in [6.07, 6.45) is 0. The van der Waals surface area contributed by atoms with Crippen LogP contribution in [0.15, 0.2) is 66.7 Å². The van der Waals surface area contributed by atoms with Gasteiger partial charge in [-0.1, -0.05) is 77.3 Å². The zero-order valence-corrected chi connectivity index (χ0v) is 14.7. The minimum Gasteiger partial charge on any atom is -0.321 e. The van der Waals surface area contributed by atoms with Gasteiger partial charge in [0.1, 0.15) is 0 Å². The van der Waals surface area contributed by atoms with Crippen LogP contribution in [0, 0.1) is 0 Å². The second kappa shape index (κ2) is 7.27. The van der Waals surface area contributed by atoms with E-state index in [-0.39, 0.29) is 5.91 Å². The van der Waals surface area contributed by atoms with E-state index in [2.05, 4.69) is 5.32 Å². The number of anilines is 1. The summed E-state index contributed by atoms with van der Waals surface area (Å²) in [5.41, 5.74) is 3.08. The van der Waals surface area contributed by atoms with Crippen molar-refractivity contribution < 1.29 is 4.79 Å². The Bertz CT molecular complexity index is 877. The van der Waals surface area contributed by atoms with E-state index in [9.17, 15) is 4.79 Å². The van der Waals surface area contributed by atoms with Gasteiger partial charge in [0.2, 0.25) is 0 Å². The van der Waals surface area contributed by atoms with Crippen molar-refractivity contribution in [2.75, 3.05) is 5.32 Å². The van der Waals surface area contributed by atoms with Crippen LogP contribution in [0.5, 0.6) is 0 Å². The fourth-order valence-electron chi connectivity index (χ4n) is 2.26. The second-order valence-corrected chi connectivity index (χ2v) is 6.37. The van der Waals surface area contributed by atoms with Crippen molar-refractivity contribution in [2.45, 2.75) is 0 Å². The van der Waals surface area contributed by atoms with E-state index >= 15 is 0 Å². The Hall–Kier alpha value is -2.00. The Balaban J connectivity index is 1.80. The molecule has 3 aromatic carbocycles. The number of rotatable bonds is 3. The molecule has 3 aromatic rings. The van der Waals surface area contributed by atoms with Gasteiger partial charge in [-0.2, -0.15) is 0 Å². The number of carbonyl (C=O) groups excluding carboxylic acids is 1. The summed E-state index contributed by atoms with van der Waals surface area (Å²) in [5, 5.41) is 3.74. The highest BCUT2D eigenvalue weighted by atomic mass is 35.5. The molecule has 0 saturated carbocycles. The molecule has 0 spiro atoms. The van der Waals surface area contributed by atoms with E-state index in [4.69, 9.17) is 34.8 Å². The third kappa shape index (κ3) is 3.73. The van der Waals surface area contributed by atoms with E-state index in [0.29, 0.717) is 26.3 Å². The van der Waals surface area contributed by atoms with Gasteiger partial charge in [0.15, 0.2) is 0 Å². The molecular weight excluding hydrogens is 365 g/mol. The van der Waals surface area contributed by atoms with Gasteiger partial charge >= 0.3 is 0 Å². The first-order chi connectivity index (χ1) is 11.5. The molecule has 120 valence electrons. The Morgan fingerprint density at radius 3 is 1.96 bits per heavy atom. The maximum atomic E-state index is 12.4. The first-order valence-corrected chi connectivity index (χ1v) is 8.29. The number of benzene rings is 3. The Labute approximate surface area is 155 Å². The fourth-order valence-corrected chi connectivity index (χ4v) is 2.85. The smallest absolute Gasteiger partial charge is 0.255 e. The van der Waals surface area contributed by atoms with Gasteiger partial charge in [-0.15, -0.1) is 0 Å². The van der Waals surface area contributed by atoms with E-state index in [1.165, 1.54) is 12.1 Å². The van der Waals surface area contributed by atoms with Gasteiger partial charge < -0.3 is 5.32 Å². The number of amides is 1. The van der Waals surface area contributed by atoms with E-state index in [1.807, 2.05) is 42.5 Å². The summed E-state index contributed by atoms with van der Waals surface area (Å²) >= 11 is 17.9. The van der Waals surface area contributed by atoms with Crippen LogP contribution in [-0.4, -0.2) is 5.91 Å². The maximum absolute atomic E-state index is 12.4. The molecule has 5 heteroatoms. The van der Waals surface area contributed by atoms with Gasteiger partial charge in [0, 0.05) is 5.56 Å². The highest BCUT2D eigenvalue weighted by Crippen LogP contribution is 2.32. The highest BCUT2D eigenvalue weighted by Gasteiger charge is 2.11. The van der Waals surface area contributed by atoms with Crippen LogP contribution in [0.1, 0.15) is 10.4 Å². The molecule has 0 fully saturated rings. The predicted octanol–water partition coefficient (Wildman–Crippen LogP) is 6.57. The zero-order valence-electron chi connectivity index (χ0n) is 12.4. The summed E-state index contributed by atoms with van der Waals surface area (Å²) in [6, 6.07) is 20.3. The lowest BCUT2D eigenvalue weighted by molar-refractivity contribution is 0.102. The predicted molar refractivity (Wildman–Crippen MR) is 101 cm³/mol. The number of carbonyl (C=O) groups is 1. The van der Waals surface area contributed by atoms with Gasteiger partial charge in [-0.25, -0.2) is 0 Å². The van der Waals surface area contributed by atoms with Crippen LogP contribution >= 0.6 is 34.8 Å². The molecule has 0 unspecified atom stereocenters. The molecule has 0 aliphatic heterocycles. The highest BCUT2D eigenvalue weighted by molar-refractivity contribution is 6.44. The average molecular weight is 377 g/mol. The molecule has 1 amide bonds. The summed E-state index contributed by atoms with van der Waals surface area (Å²) in [4.78, 5) is 12.4. The molecule has 2 nitrogen and oxygen atoms in total. The van der Waals surface area contributed by atoms with Gasteiger partial charge in [-0.3, -0.25) is 4.79 Å². The first-order valence-electron chi connectivity index (χ1n) is 7.16. The number of hydrogen-bond acceptors (Lipinski definition) is 1. The van der Waals surface area contributed by atoms with Crippen molar-refractivity contribution in [1.29, 1.82) is 0 Å². The summed E-state index contributed by atoms with van der Waals surface area (Å²) < 4.78 is 0. The largest absolute Gasteiger partial charge is 0.321 e. The molecule has 24 heavy (non-hydrogen) atoms. The molecule has 0 aliphatic carbocycles.